The Bertz CT molecular complexity index is 451. The van der Waals surface area contributed by atoms with Gasteiger partial charge in [0.1, 0.15) is 13.5 Å². The molecule has 1 N–H and O–H groups in total. The van der Waals surface area contributed by atoms with Gasteiger partial charge < -0.3 is 9.90 Å². The third-order valence-corrected chi connectivity index (χ3v) is 17.2. The minimum atomic E-state index is -2.11. The van der Waals surface area contributed by atoms with Crippen LogP contribution in [0.5, 0.6) is 0 Å². The van der Waals surface area contributed by atoms with Gasteiger partial charge in [-0.2, -0.15) is 0 Å². The summed E-state index contributed by atoms with van der Waals surface area (Å²) in [6.07, 6.45) is 7.88. The van der Waals surface area contributed by atoms with Crippen LogP contribution in [0.2, 0.25) is 36.3 Å². The molecule has 0 aromatic heterocycles. The predicted molar refractivity (Wildman–Crippen MR) is 131 cm³/mol. The molecule has 0 heterocycles. The number of aliphatic hydroxyl groups is 1. The summed E-state index contributed by atoms with van der Waals surface area (Å²) in [5.41, 5.74) is 2.75. The van der Waals surface area contributed by atoms with E-state index in [1.807, 2.05) is 6.08 Å². The summed E-state index contributed by atoms with van der Waals surface area (Å²) in [5, 5.41) is 11.1. The van der Waals surface area contributed by atoms with Crippen LogP contribution >= 0.6 is 0 Å². The smallest absolute Gasteiger partial charge is 0.139 e. The fourth-order valence-electron chi connectivity index (χ4n) is 4.25. The monoisotopic (exact) mass is 424 g/mol. The predicted octanol–water partition coefficient (Wildman–Crippen LogP) is 7.46. The molecule has 0 aliphatic rings. The Hall–Kier alpha value is -0.456. The zero-order valence-corrected chi connectivity index (χ0v) is 21.8. The van der Waals surface area contributed by atoms with Crippen LogP contribution in [-0.4, -0.2) is 32.8 Å². The van der Waals surface area contributed by atoms with Crippen molar-refractivity contribution in [1.82, 2.24) is 0 Å². The van der Waals surface area contributed by atoms with Gasteiger partial charge in [-0.15, -0.1) is 0 Å². The van der Waals surface area contributed by atoms with Gasteiger partial charge in [0.25, 0.3) is 0 Å². The zero-order chi connectivity index (χ0) is 21.6. The SMILES string of the molecule is C=C(C(=O)[Si](CCCC)(CCCC)CCCC)C(O)C=C[Si](CC)(CC)CC. The lowest BCUT2D eigenvalue weighted by molar-refractivity contribution is -0.110. The van der Waals surface area contributed by atoms with Gasteiger partial charge >= 0.3 is 0 Å². The van der Waals surface area contributed by atoms with E-state index in [0.29, 0.717) is 5.57 Å². The molecule has 0 aliphatic heterocycles. The van der Waals surface area contributed by atoms with E-state index in [9.17, 15) is 9.90 Å². The number of carbonyl (C=O) groups is 1. The Labute approximate surface area is 177 Å². The van der Waals surface area contributed by atoms with Crippen LogP contribution in [0.1, 0.15) is 80.1 Å². The standard InChI is InChI=1S/C24H48O2Si2/c1-8-14-18-28(19-15-9-2,20-16-10-3)24(26)22(7)23(25)17-21-27(11-4,12-5)13-6/h17,21,23,25H,7-16,18-20H2,1-6H3. The van der Waals surface area contributed by atoms with Gasteiger partial charge in [0.2, 0.25) is 0 Å². The summed E-state index contributed by atoms with van der Waals surface area (Å²) >= 11 is 0. The molecule has 0 aromatic rings. The normalized spacial score (nSPS) is 13.8. The largest absolute Gasteiger partial charge is 0.384 e. The molecule has 0 fully saturated rings. The summed E-state index contributed by atoms with van der Waals surface area (Å²) in [5.74, 6) is 0. The molecule has 0 aliphatic carbocycles. The topological polar surface area (TPSA) is 37.3 Å². The van der Waals surface area contributed by atoms with Crippen molar-refractivity contribution < 1.29 is 9.90 Å². The van der Waals surface area contributed by atoms with Gasteiger partial charge in [-0.05, 0) is 0 Å². The highest BCUT2D eigenvalue weighted by molar-refractivity contribution is 7.08. The van der Waals surface area contributed by atoms with Crippen LogP contribution < -0.4 is 0 Å². The quantitative estimate of drug-likeness (QED) is 0.194. The molecule has 4 heteroatoms. The third-order valence-electron chi connectivity index (χ3n) is 6.90. The van der Waals surface area contributed by atoms with E-state index in [4.69, 9.17) is 0 Å². The molecule has 0 radical (unpaired) electrons. The van der Waals surface area contributed by atoms with E-state index in [1.165, 1.54) is 18.1 Å². The molecular weight excluding hydrogens is 376 g/mol. The van der Waals surface area contributed by atoms with Crippen LogP contribution in [0, 0.1) is 0 Å². The Morgan fingerprint density at radius 1 is 0.857 bits per heavy atom. The minimum Gasteiger partial charge on any atom is -0.384 e. The number of hydrogen-bond donors (Lipinski definition) is 1. The maximum Gasteiger partial charge on any atom is 0.139 e. The molecule has 28 heavy (non-hydrogen) atoms. The van der Waals surface area contributed by atoms with E-state index in [1.54, 1.807) is 0 Å². The van der Waals surface area contributed by atoms with Crippen molar-refractivity contribution in [2.75, 3.05) is 0 Å². The van der Waals surface area contributed by atoms with Crippen LogP contribution in [0.4, 0.5) is 0 Å². The van der Waals surface area contributed by atoms with E-state index < -0.39 is 22.3 Å². The summed E-state index contributed by atoms with van der Waals surface area (Å²) in [6.45, 7) is 17.5. The molecule has 164 valence electrons. The van der Waals surface area contributed by atoms with Crippen LogP contribution in [0.25, 0.3) is 0 Å². The van der Waals surface area contributed by atoms with Gasteiger partial charge in [-0.25, -0.2) is 0 Å². The fourth-order valence-corrected chi connectivity index (χ4v) is 12.4. The molecule has 0 spiro atoms. The van der Waals surface area contributed by atoms with Crippen LogP contribution in [0.3, 0.4) is 0 Å². The second-order valence-corrected chi connectivity index (χ2v) is 18.4. The number of hydrogen-bond acceptors (Lipinski definition) is 2. The molecule has 0 saturated heterocycles. The molecular formula is C24H48O2Si2. The third kappa shape index (κ3) is 8.12. The van der Waals surface area contributed by atoms with Gasteiger partial charge in [0.05, 0.1) is 14.2 Å². The van der Waals surface area contributed by atoms with E-state index >= 15 is 0 Å². The first kappa shape index (κ1) is 27.5. The summed E-state index contributed by atoms with van der Waals surface area (Å²) in [6, 6.07) is 6.75. The highest BCUT2D eigenvalue weighted by atomic mass is 28.3. The van der Waals surface area contributed by atoms with Crippen LogP contribution in [0.15, 0.2) is 23.9 Å². The molecule has 0 amide bonds. The van der Waals surface area contributed by atoms with E-state index in [0.717, 1.165) is 56.7 Å². The summed E-state index contributed by atoms with van der Waals surface area (Å²) in [4.78, 5) is 13.6. The average molecular weight is 425 g/mol. The van der Waals surface area contributed by atoms with Crippen molar-refractivity contribution in [3.05, 3.63) is 23.9 Å². The van der Waals surface area contributed by atoms with E-state index in [2.05, 4.69) is 53.8 Å². The second kappa shape index (κ2) is 14.5. The lowest BCUT2D eigenvalue weighted by Crippen LogP contribution is -2.46. The minimum absolute atomic E-state index is 0.261. The Morgan fingerprint density at radius 3 is 1.57 bits per heavy atom. The Morgan fingerprint density at radius 2 is 1.25 bits per heavy atom. The van der Waals surface area contributed by atoms with Crippen molar-refractivity contribution in [2.24, 2.45) is 0 Å². The second-order valence-electron chi connectivity index (χ2n) is 8.67. The lowest BCUT2D eigenvalue weighted by atomic mass is 10.2. The molecule has 0 rings (SSSR count). The maximum absolute atomic E-state index is 13.6. The molecule has 0 aromatic carbocycles. The fraction of sp³-hybridized carbons (Fsp3) is 0.792. The van der Waals surface area contributed by atoms with Crippen LogP contribution in [-0.2, 0) is 4.79 Å². The number of rotatable bonds is 17. The van der Waals surface area contributed by atoms with E-state index in [-0.39, 0.29) is 5.41 Å². The Balaban J connectivity index is 5.59. The summed E-state index contributed by atoms with van der Waals surface area (Å²) < 4.78 is 0. The molecule has 1 unspecified atom stereocenters. The number of carbonyl (C=O) groups excluding carboxylic acids is 1. The first-order chi connectivity index (χ1) is 13.3. The molecule has 1 atom stereocenters. The van der Waals surface area contributed by atoms with Crippen molar-refractivity contribution in [1.29, 1.82) is 0 Å². The first-order valence-corrected chi connectivity index (χ1v) is 17.2. The zero-order valence-electron chi connectivity index (χ0n) is 19.8. The first-order valence-electron chi connectivity index (χ1n) is 11.9. The van der Waals surface area contributed by atoms with Crippen molar-refractivity contribution in [3.63, 3.8) is 0 Å². The number of aliphatic hydroxyl groups excluding tert-OH is 1. The van der Waals surface area contributed by atoms with Crippen molar-refractivity contribution in [3.8, 4) is 0 Å². The molecule has 0 bridgehead atoms. The van der Waals surface area contributed by atoms with Gasteiger partial charge in [0, 0.05) is 5.57 Å². The highest BCUT2D eigenvalue weighted by Crippen LogP contribution is 2.32. The van der Waals surface area contributed by atoms with Crippen molar-refractivity contribution >= 4 is 21.6 Å². The van der Waals surface area contributed by atoms with Gasteiger partial charge in [-0.1, -0.05) is 135 Å². The lowest BCUT2D eigenvalue weighted by Gasteiger charge is -2.32. The van der Waals surface area contributed by atoms with Gasteiger partial charge in [0.15, 0.2) is 0 Å². The van der Waals surface area contributed by atoms with Gasteiger partial charge in [-0.3, -0.25) is 0 Å². The highest BCUT2D eigenvalue weighted by Gasteiger charge is 2.41. The summed E-state index contributed by atoms with van der Waals surface area (Å²) in [7, 11) is -3.56. The average Bonchev–Trinajstić information content (AvgIpc) is 2.73. The van der Waals surface area contributed by atoms with Crippen molar-refractivity contribution in [2.45, 2.75) is 122 Å². The Kier molecular flexibility index (Phi) is 14.3. The molecule has 0 saturated carbocycles. The number of unbranched alkanes of at least 4 members (excludes halogenated alkanes) is 3. The molecule has 2 nitrogen and oxygen atoms in total. The maximum atomic E-state index is 13.6.